The summed E-state index contributed by atoms with van der Waals surface area (Å²) >= 11 is 7.30. The smallest absolute Gasteiger partial charge is 0.267 e. The number of hydrazone groups is 1. The molecule has 130 valence electrons. The van der Waals surface area contributed by atoms with E-state index in [9.17, 15) is 14.9 Å². The second-order valence-electron chi connectivity index (χ2n) is 5.09. The van der Waals surface area contributed by atoms with Gasteiger partial charge in [0.2, 0.25) is 0 Å². The molecule has 26 heavy (non-hydrogen) atoms. The average molecular weight is 387 g/mol. The minimum atomic E-state index is -0.562. The molecule has 0 spiro atoms. The van der Waals surface area contributed by atoms with Gasteiger partial charge < -0.3 is 0 Å². The molecule has 0 unspecified atom stereocenters. The fourth-order valence-corrected chi connectivity index (χ4v) is 2.96. The van der Waals surface area contributed by atoms with E-state index in [1.165, 1.54) is 41.8 Å². The van der Waals surface area contributed by atoms with Gasteiger partial charge in [0.25, 0.3) is 11.6 Å². The van der Waals surface area contributed by atoms with Crippen molar-refractivity contribution in [2.45, 2.75) is 0 Å². The van der Waals surface area contributed by atoms with Crippen molar-refractivity contribution in [3.05, 3.63) is 80.3 Å². The summed E-state index contributed by atoms with van der Waals surface area (Å²) in [7, 11) is 0. The summed E-state index contributed by atoms with van der Waals surface area (Å²) in [6, 6.07) is 12.7. The van der Waals surface area contributed by atoms with Crippen LogP contribution in [0.1, 0.15) is 16.1 Å². The number of halogens is 1. The topological polar surface area (TPSA) is 97.5 Å². The van der Waals surface area contributed by atoms with Crippen LogP contribution < -0.4 is 5.43 Å². The normalized spacial score (nSPS) is 10.8. The Labute approximate surface area is 157 Å². The fourth-order valence-electron chi connectivity index (χ4n) is 2.05. The van der Waals surface area contributed by atoms with Crippen molar-refractivity contribution in [3.63, 3.8) is 0 Å². The molecule has 1 amide bonds. The molecular formula is C17H11ClN4O3S. The molecule has 7 nitrogen and oxygen atoms in total. The van der Waals surface area contributed by atoms with E-state index in [0.717, 1.165) is 10.6 Å². The van der Waals surface area contributed by atoms with Crippen LogP contribution in [-0.4, -0.2) is 22.0 Å². The first-order valence-corrected chi connectivity index (χ1v) is 8.58. The number of amides is 1. The molecule has 0 aliphatic carbocycles. The number of aromatic nitrogens is 1. The SMILES string of the molecule is O=C(N/N=C\c1csc(-c2ccc(Cl)cc2)n1)c1cccc([N+](=O)[O-])c1. The van der Waals surface area contributed by atoms with Crippen LogP contribution >= 0.6 is 22.9 Å². The number of hydrogen-bond donors (Lipinski definition) is 1. The lowest BCUT2D eigenvalue weighted by molar-refractivity contribution is -0.384. The van der Waals surface area contributed by atoms with Crippen molar-refractivity contribution in [2.24, 2.45) is 5.10 Å². The predicted molar refractivity (Wildman–Crippen MR) is 101 cm³/mol. The number of nitro groups is 1. The van der Waals surface area contributed by atoms with Gasteiger partial charge in [0.05, 0.1) is 16.8 Å². The maximum absolute atomic E-state index is 12.0. The van der Waals surface area contributed by atoms with E-state index in [1.807, 2.05) is 12.1 Å². The Bertz CT molecular complexity index is 986. The highest BCUT2D eigenvalue weighted by atomic mass is 35.5. The molecule has 1 N–H and O–H groups in total. The second-order valence-corrected chi connectivity index (χ2v) is 6.39. The molecule has 2 aromatic carbocycles. The van der Waals surface area contributed by atoms with Crippen LogP contribution in [0.25, 0.3) is 10.6 Å². The number of nitro benzene ring substituents is 1. The first-order valence-electron chi connectivity index (χ1n) is 7.32. The van der Waals surface area contributed by atoms with Gasteiger partial charge in [-0.2, -0.15) is 5.10 Å². The summed E-state index contributed by atoms with van der Waals surface area (Å²) in [6.45, 7) is 0. The monoisotopic (exact) mass is 386 g/mol. The number of thiazole rings is 1. The minimum absolute atomic E-state index is 0.150. The van der Waals surface area contributed by atoms with E-state index in [1.54, 1.807) is 17.5 Å². The molecule has 3 aromatic rings. The molecule has 1 heterocycles. The minimum Gasteiger partial charge on any atom is -0.267 e. The van der Waals surface area contributed by atoms with Crippen molar-refractivity contribution in [3.8, 4) is 10.6 Å². The van der Waals surface area contributed by atoms with Crippen LogP contribution in [0.3, 0.4) is 0 Å². The highest BCUT2D eigenvalue weighted by molar-refractivity contribution is 7.13. The molecular weight excluding hydrogens is 376 g/mol. The first kappa shape index (κ1) is 17.7. The molecule has 0 bridgehead atoms. The summed E-state index contributed by atoms with van der Waals surface area (Å²) in [6.07, 6.45) is 1.41. The van der Waals surface area contributed by atoms with Crippen LogP contribution in [0.15, 0.2) is 59.0 Å². The number of nitrogens with zero attached hydrogens (tertiary/aromatic N) is 3. The van der Waals surface area contributed by atoms with E-state index in [-0.39, 0.29) is 11.3 Å². The van der Waals surface area contributed by atoms with Gasteiger partial charge in [-0.25, -0.2) is 10.4 Å². The quantitative estimate of drug-likeness (QED) is 0.405. The third-order valence-electron chi connectivity index (χ3n) is 3.30. The van der Waals surface area contributed by atoms with Crippen LogP contribution in [0.5, 0.6) is 0 Å². The Balaban J connectivity index is 1.65. The van der Waals surface area contributed by atoms with Gasteiger partial charge in [0, 0.05) is 33.7 Å². The highest BCUT2D eigenvalue weighted by Gasteiger charge is 2.10. The lowest BCUT2D eigenvalue weighted by Gasteiger charge is -1.99. The lowest BCUT2D eigenvalue weighted by Crippen LogP contribution is -2.17. The highest BCUT2D eigenvalue weighted by Crippen LogP contribution is 2.24. The lowest BCUT2D eigenvalue weighted by atomic mass is 10.2. The molecule has 0 radical (unpaired) electrons. The second kappa shape index (κ2) is 7.85. The molecule has 0 saturated carbocycles. The van der Waals surface area contributed by atoms with Gasteiger partial charge in [-0.05, 0) is 18.2 Å². The van der Waals surface area contributed by atoms with Crippen LogP contribution in [0.4, 0.5) is 5.69 Å². The maximum atomic E-state index is 12.0. The third-order valence-corrected chi connectivity index (χ3v) is 4.46. The van der Waals surface area contributed by atoms with E-state index in [2.05, 4.69) is 15.5 Å². The van der Waals surface area contributed by atoms with E-state index < -0.39 is 10.8 Å². The van der Waals surface area contributed by atoms with Gasteiger partial charge in [0.15, 0.2) is 0 Å². The molecule has 0 aliphatic rings. The van der Waals surface area contributed by atoms with Crippen molar-refractivity contribution in [1.29, 1.82) is 0 Å². The summed E-state index contributed by atoms with van der Waals surface area (Å²) in [5.41, 5.74) is 3.83. The average Bonchev–Trinajstić information content (AvgIpc) is 3.11. The fraction of sp³-hybridized carbons (Fsp3) is 0. The Hall–Kier alpha value is -3.10. The number of carbonyl (C=O) groups excluding carboxylic acids is 1. The number of carbonyl (C=O) groups is 1. The molecule has 1 aromatic heterocycles. The zero-order valence-corrected chi connectivity index (χ0v) is 14.7. The van der Waals surface area contributed by atoms with E-state index in [0.29, 0.717) is 10.7 Å². The van der Waals surface area contributed by atoms with E-state index in [4.69, 9.17) is 11.6 Å². The van der Waals surface area contributed by atoms with Gasteiger partial charge in [-0.15, -0.1) is 11.3 Å². The molecule has 3 rings (SSSR count). The zero-order chi connectivity index (χ0) is 18.5. The number of hydrogen-bond acceptors (Lipinski definition) is 6. The molecule has 0 atom stereocenters. The Morgan fingerprint density at radius 2 is 2.04 bits per heavy atom. The Morgan fingerprint density at radius 3 is 2.77 bits per heavy atom. The van der Waals surface area contributed by atoms with Crippen molar-refractivity contribution >= 4 is 40.7 Å². The third kappa shape index (κ3) is 4.29. The number of benzene rings is 2. The first-order chi connectivity index (χ1) is 12.5. The van der Waals surface area contributed by atoms with Crippen molar-refractivity contribution in [1.82, 2.24) is 10.4 Å². The van der Waals surface area contributed by atoms with Crippen LogP contribution in [0.2, 0.25) is 5.02 Å². The Kier molecular flexibility index (Phi) is 5.35. The summed E-state index contributed by atoms with van der Waals surface area (Å²) < 4.78 is 0. The maximum Gasteiger partial charge on any atom is 0.271 e. The summed E-state index contributed by atoms with van der Waals surface area (Å²) in [5.74, 6) is -0.543. The molecule has 0 aliphatic heterocycles. The molecule has 0 fully saturated rings. The standard InChI is InChI=1S/C17H11ClN4O3S/c18-13-6-4-11(5-7-13)17-20-14(10-26-17)9-19-21-16(23)12-2-1-3-15(8-12)22(24)25/h1-10H,(H,21,23)/b19-9-. The number of rotatable bonds is 5. The number of non-ortho nitro benzene ring substituents is 1. The van der Waals surface area contributed by atoms with Crippen LogP contribution in [-0.2, 0) is 0 Å². The summed E-state index contributed by atoms with van der Waals surface area (Å²) in [4.78, 5) is 26.6. The van der Waals surface area contributed by atoms with E-state index >= 15 is 0 Å². The molecule has 0 saturated heterocycles. The van der Waals surface area contributed by atoms with Crippen LogP contribution in [0, 0.1) is 10.1 Å². The predicted octanol–water partition coefficient (Wildman–Crippen LogP) is 4.14. The number of nitrogens with one attached hydrogen (secondary N) is 1. The van der Waals surface area contributed by atoms with Gasteiger partial charge >= 0.3 is 0 Å². The van der Waals surface area contributed by atoms with Gasteiger partial charge in [-0.1, -0.05) is 29.8 Å². The Morgan fingerprint density at radius 1 is 1.27 bits per heavy atom. The zero-order valence-electron chi connectivity index (χ0n) is 13.1. The summed E-state index contributed by atoms with van der Waals surface area (Å²) in [5, 5.41) is 17.8. The van der Waals surface area contributed by atoms with Gasteiger partial charge in [-0.3, -0.25) is 14.9 Å². The molecule has 9 heteroatoms. The van der Waals surface area contributed by atoms with Crippen molar-refractivity contribution < 1.29 is 9.72 Å². The largest absolute Gasteiger partial charge is 0.271 e. The van der Waals surface area contributed by atoms with Gasteiger partial charge in [0.1, 0.15) is 5.01 Å². The van der Waals surface area contributed by atoms with Crippen molar-refractivity contribution in [2.75, 3.05) is 0 Å².